The van der Waals surface area contributed by atoms with Crippen LogP contribution in [0.2, 0.25) is 0 Å². The summed E-state index contributed by atoms with van der Waals surface area (Å²) in [6, 6.07) is 0. The van der Waals surface area contributed by atoms with E-state index < -0.39 is 33.9 Å². The molecule has 2 N–H and O–H groups in total. The van der Waals surface area contributed by atoms with E-state index in [0.717, 1.165) is 0 Å². The maximum absolute atomic E-state index is 12.8. The number of fused-ring (bicyclic) bond motifs is 2. The summed E-state index contributed by atoms with van der Waals surface area (Å²) in [6.45, 7) is 11.8. The second-order valence-electron chi connectivity index (χ2n) is 10.7. The minimum absolute atomic E-state index is 0.0317. The highest BCUT2D eigenvalue weighted by Gasteiger charge is 2.85. The molecule has 4 nitrogen and oxygen atoms in total. The summed E-state index contributed by atoms with van der Waals surface area (Å²) in [7, 11) is 0. The van der Waals surface area contributed by atoms with Gasteiger partial charge in [-0.15, -0.1) is 0 Å². The molecule has 0 bridgehead atoms. The highest BCUT2D eigenvalue weighted by atomic mass is 16.3. The molecule has 134 valence electrons. The van der Waals surface area contributed by atoms with Gasteiger partial charge in [0.15, 0.2) is 0 Å². The maximum Gasteiger partial charge on any atom is 0.140 e. The number of carbonyl (C=O) groups excluding carboxylic acids is 2. The molecule has 4 heteroatoms. The van der Waals surface area contributed by atoms with Crippen LogP contribution in [0.4, 0.5) is 0 Å². The molecule has 0 unspecified atom stereocenters. The zero-order valence-corrected chi connectivity index (χ0v) is 15.6. The van der Waals surface area contributed by atoms with E-state index in [2.05, 4.69) is 0 Å². The summed E-state index contributed by atoms with van der Waals surface area (Å²) in [5.41, 5.74) is -1.83. The molecule has 0 aromatic heterocycles. The fourth-order valence-corrected chi connectivity index (χ4v) is 6.54. The lowest BCUT2D eigenvalue weighted by Crippen LogP contribution is -2.41. The van der Waals surface area contributed by atoms with Crippen molar-refractivity contribution >= 4 is 11.6 Å². The minimum Gasteiger partial charge on any atom is -0.392 e. The second kappa shape index (κ2) is 4.15. The standard InChI is InChI=1S/C20H30O4/c1-17(2)7-9(21)19(5)11(13(19)15(17)23)12-14-16(24)18(3,4)8-10(22)20(12,14)6/h11-16,23-24H,7-8H2,1-6H3/t11-,12+,13+,14-,15-,16+,19-,20+. The van der Waals surface area contributed by atoms with Crippen molar-refractivity contribution in [1.82, 2.24) is 0 Å². The van der Waals surface area contributed by atoms with E-state index in [0.29, 0.717) is 12.8 Å². The number of aliphatic hydroxyl groups excluding tert-OH is 2. The SMILES string of the molecule is CC1(C)CC(=O)[C@]2(C)[C@H]([C@H]3[C@@H]4[C@H](O)C(C)(C)CC(=O)[C@@]34C)[C@H]2[C@H]1O. The van der Waals surface area contributed by atoms with E-state index in [1.54, 1.807) is 0 Å². The van der Waals surface area contributed by atoms with Crippen LogP contribution in [-0.4, -0.2) is 34.0 Å². The molecule has 4 fully saturated rings. The van der Waals surface area contributed by atoms with Gasteiger partial charge in [0.1, 0.15) is 11.6 Å². The number of aliphatic hydroxyl groups is 2. The molecule has 0 aliphatic heterocycles. The maximum atomic E-state index is 12.8. The minimum atomic E-state index is -0.517. The van der Waals surface area contributed by atoms with Gasteiger partial charge >= 0.3 is 0 Å². The topological polar surface area (TPSA) is 74.6 Å². The van der Waals surface area contributed by atoms with Crippen molar-refractivity contribution in [2.24, 2.45) is 45.3 Å². The molecule has 4 rings (SSSR count). The molecule has 4 aliphatic rings. The van der Waals surface area contributed by atoms with E-state index in [9.17, 15) is 19.8 Å². The zero-order valence-electron chi connectivity index (χ0n) is 15.6. The van der Waals surface area contributed by atoms with Crippen LogP contribution in [0, 0.1) is 45.3 Å². The van der Waals surface area contributed by atoms with Gasteiger partial charge in [-0.1, -0.05) is 41.5 Å². The van der Waals surface area contributed by atoms with Crippen molar-refractivity contribution in [2.75, 3.05) is 0 Å². The third-order valence-corrected chi connectivity index (χ3v) is 8.43. The quantitative estimate of drug-likeness (QED) is 0.771. The molecule has 0 aromatic carbocycles. The number of Topliss-reactive ketones (excluding diaryl/α,β-unsaturated/α-hetero) is 2. The molecule has 4 saturated carbocycles. The average Bonchev–Trinajstić information content (AvgIpc) is 3.26. The van der Waals surface area contributed by atoms with Crippen LogP contribution in [0.3, 0.4) is 0 Å². The monoisotopic (exact) mass is 334 g/mol. The van der Waals surface area contributed by atoms with Gasteiger partial charge in [0.2, 0.25) is 0 Å². The van der Waals surface area contributed by atoms with Gasteiger partial charge in [0, 0.05) is 35.5 Å². The third kappa shape index (κ3) is 1.63. The van der Waals surface area contributed by atoms with Crippen LogP contribution in [0.5, 0.6) is 0 Å². The Kier molecular flexibility index (Phi) is 2.89. The lowest BCUT2D eigenvalue weighted by Gasteiger charge is -2.36. The Labute approximate surface area is 144 Å². The first kappa shape index (κ1) is 16.7. The van der Waals surface area contributed by atoms with Crippen molar-refractivity contribution in [3.8, 4) is 0 Å². The summed E-state index contributed by atoms with van der Waals surface area (Å²) in [5.74, 6) is 0.379. The van der Waals surface area contributed by atoms with Crippen molar-refractivity contribution in [1.29, 1.82) is 0 Å². The van der Waals surface area contributed by atoms with E-state index in [1.807, 2.05) is 41.5 Å². The van der Waals surface area contributed by atoms with E-state index in [1.165, 1.54) is 0 Å². The number of ketones is 2. The Morgan fingerprint density at radius 2 is 0.958 bits per heavy atom. The van der Waals surface area contributed by atoms with Gasteiger partial charge in [-0.05, 0) is 22.7 Å². The number of hydrogen-bond acceptors (Lipinski definition) is 4. The van der Waals surface area contributed by atoms with Crippen molar-refractivity contribution < 1.29 is 19.8 Å². The fraction of sp³-hybridized carbons (Fsp3) is 0.900. The van der Waals surface area contributed by atoms with Crippen molar-refractivity contribution in [3.63, 3.8) is 0 Å². The van der Waals surface area contributed by atoms with Crippen LogP contribution in [0.1, 0.15) is 54.4 Å². The number of rotatable bonds is 1. The summed E-state index contributed by atoms with van der Waals surface area (Å²) in [4.78, 5) is 25.6. The highest BCUT2D eigenvalue weighted by molar-refractivity contribution is 5.93. The van der Waals surface area contributed by atoms with Crippen LogP contribution in [-0.2, 0) is 9.59 Å². The molecule has 0 spiro atoms. The smallest absolute Gasteiger partial charge is 0.140 e. The Hall–Kier alpha value is -0.740. The van der Waals surface area contributed by atoms with Gasteiger partial charge in [0.05, 0.1) is 12.2 Å². The van der Waals surface area contributed by atoms with E-state index in [4.69, 9.17) is 0 Å². The molecule has 0 saturated heterocycles. The molecule has 24 heavy (non-hydrogen) atoms. The fourth-order valence-electron chi connectivity index (χ4n) is 6.54. The highest BCUT2D eigenvalue weighted by Crippen LogP contribution is 2.81. The van der Waals surface area contributed by atoms with Gasteiger partial charge in [-0.3, -0.25) is 9.59 Å². The summed E-state index contributed by atoms with van der Waals surface area (Å²) < 4.78 is 0. The third-order valence-electron chi connectivity index (χ3n) is 8.43. The number of carbonyl (C=O) groups is 2. The van der Waals surface area contributed by atoms with Crippen LogP contribution >= 0.6 is 0 Å². The molecule has 0 heterocycles. The lowest BCUT2D eigenvalue weighted by atomic mass is 9.71. The van der Waals surface area contributed by atoms with Crippen LogP contribution < -0.4 is 0 Å². The molecular formula is C20H30O4. The van der Waals surface area contributed by atoms with Crippen molar-refractivity contribution in [3.05, 3.63) is 0 Å². The Balaban J connectivity index is 1.70. The van der Waals surface area contributed by atoms with Gasteiger partial charge < -0.3 is 10.2 Å². The summed E-state index contributed by atoms with van der Waals surface area (Å²) >= 11 is 0. The van der Waals surface area contributed by atoms with Crippen molar-refractivity contribution in [2.45, 2.75) is 66.6 Å². The second-order valence-corrected chi connectivity index (χ2v) is 10.7. The first-order valence-corrected chi connectivity index (χ1v) is 9.24. The van der Waals surface area contributed by atoms with E-state index >= 15 is 0 Å². The van der Waals surface area contributed by atoms with Crippen LogP contribution in [0.25, 0.3) is 0 Å². The normalized spacial score (nSPS) is 57.2. The Morgan fingerprint density at radius 3 is 1.25 bits per heavy atom. The molecular weight excluding hydrogens is 304 g/mol. The predicted molar refractivity (Wildman–Crippen MR) is 89.0 cm³/mol. The Bertz CT molecular complexity index is 594. The predicted octanol–water partition coefficient (Wildman–Crippen LogP) is 2.21. The Morgan fingerprint density at radius 1 is 0.667 bits per heavy atom. The first-order chi connectivity index (χ1) is 10.8. The molecule has 8 atom stereocenters. The van der Waals surface area contributed by atoms with Gasteiger partial charge in [0.25, 0.3) is 0 Å². The van der Waals surface area contributed by atoms with Gasteiger partial charge in [-0.25, -0.2) is 0 Å². The summed E-state index contributed by atoms with van der Waals surface area (Å²) in [5, 5.41) is 21.7. The molecule has 4 aliphatic carbocycles. The zero-order chi connectivity index (χ0) is 18.0. The van der Waals surface area contributed by atoms with E-state index in [-0.39, 0.29) is 35.2 Å². The molecule has 0 aromatic rings. The largest absolute Gasteiger partial charge is 0.392 e. The molecule has 0 radical (unpaired) electrons. The average molecular weight is 334 g/mol. The summed E-state index contributed by atoms with van der Waals surface area (Å²) in [6.07, 6.45) is -0.241. The first-order valence-electron chi connectivity index (χ1n) is 9.24. The molecule has 0 amide bonds. The number of hydrogen-bond donors (Lipinski definition) is 2. The van der Waals surface area contributed by atoms with Crippen LogP contribution in [0.15, 0.2) is 0 Å². The van der Waals surface area contributed by atoms with Gasteiger partial charge in [-0.2, -0.15) is 0 Å². The lowest BCUT2D eigenvalue weighted by molar-refractivity contribution is -0.135.